The lowest BCUT2D eigenvalue weighted by molar-refractivity contribution is 0.709. The Morgan fingerprint density at radius 1 is 1.47 bits per heavy atom. The van der Waals surface area contributed by atoms with Gasteiger partial charge in [-0.3, -0.25) is 0 Å². The molecule has 0 spiro atoms. The van der Waals surface area contributed by atoms with Crippen molar-refractivity contribution in [1.82, 2.24) is 9.97 Å². The van der Waals surface area contributed by atoms with Gasteiger partial charge in [-0.15, -0.1) is 0 Å². The van der Waals surface area contributed by atoms with Gasteiger partial charge in [-0.1, -0.05) is 20.8 Å². The molecule has 1 saturated carbocycles. The second-order valence-corrected chi connectivity index (χ2v) is 5.52. The number of nitrogen functional groups attached to an aromatic ring is 1. The highest BCUT2D eigenvalue weighted by atomic mass is 15.2. The van der Waals surface area contributed by atoms with Gasteiger partial charge in [-0.05, 0) is 18.3 Å². The third kappa shape index (κ3) is 2.87. The lowest BCUT2D eigenvalue weighted by Gasteiger charge is -2.19. The van der Waals surface area contributed by atoms with E-state index in [2.05, 4.69) is 42.7 Å². The zero-order valence-corrected chi connectivity index (χ0v) is 11.1. The number of rotatable bonds is 4. The molecule has 1 aromatic rings. The van der Waals surface area contributed by atoms with E-state index in [0.29, 0.717) is 11.7 Å². The Balaban J connectivity index is 2.13. The van der Waals surface area contributed by atoms with Gasteiger partial charge in [0.05, 0.1) is 0 Å². The second-order valence-electron chi connectivity index (χ2n) is 5.52. The molecule has 1 aliphatic carbocycles. The van der Waals surface area contributed by atoms with Crippen molar-refractivity contribution < 1.29 is 0 Å². The van der Waals surface area contributed by atoms with Crippen LogP contribution in [0.3, 0.4) is 0 Å². The minimum atomic E-state index is 0.311. The van der Waals surface area contributed by atoms with E-state index in [1.54, 1.807) is 0 Å². The summed E-state index contributed by atoms with van der Waals surface area (Å²) in [6.07, 6.45) is 1.34. The molecule has 0 bridgehead atoms. The number of anilines is 2. The number of hydrogen-bond donors (Lipinski definition) is 1. The maximum atomic E-state index is 5.83. The fraction of sp³-hybridized carbons (Fsp3) is 0.692. The molecule has 1 aromatic heterocycles. The molecule has 1 heterocycles. The van der Waals surface area contributed by atoms with Gasteiger partial charge in [0.2, 0.25) is 0 Å². The summed E-state index contributed by atoms with van der Waals surface area (Å²) >= 11 is 0. The van der Waals surface area contributed by atoms with E-state index < -0.39 is 0 Å². The molecule has 0 amide bonds. The molecule has 0 aromatic carbocycles. The molecular formula is C13H22N4. The molecule has 2 N–H and O–H groups in total. The van der Waals surface area contributed by atoms with E-state index >= 15 is 0 Å². The summed E-state index contributed by atoms with van der Waals surface area (Å²) in [4.78, 5) is 11.0. The molecule has 94 valence electrons. The monoisotopic (exact) mass is 234 g/mol. The van der Waals surface area contributed by atoms with Gasteiger partial charge in [0.1, 0.15) is 17.5 Å². The van der Waals surface area contributed by atoms with Gasteiger partial charge in [0, 0.05) is 25.6 Å². The van der Waals surface area contributed by atoms with Crippen LogP contribution in [0.1, 0.15) is 38.9 Å². The van der Waals surface area contributed by atoms with Crippen LogP contribution in [0.2, 0.25) is 0 Å². The highest BCUT2D eigenvalue weighted by Crippen LogP contribution is 2.38. The van der Waals surface area contributed by atoms with Crippen molar-refractivity contribution in [2.45, 2.75) is 33.1 Å². The lowest BCUT2D eigenvalue weighted by atomic mass is 10.2. The number of nitrogens with zero attached hydrogens (tertiary/aromatic N) is 3. The fourth-order valence-electron chi connectivity index (χ4n) is 2.02. The number of hydrogen-bond acceptors (Lipinski definition) is 4. The Hall–Kier alpha value is -1.32. The smallest absolute Gasteiger partial charge is 0.135 e. The van der Waals surface area contributed by atoms with Crippen molar-refractivity contribution in [2.75, 3.05) is 24.2 Å². The van der Waals surface area contributed by atoms with Gasteiger partial charge >= 0.3 is 0 Å². The highest BCUT2D eigenvalue weighted by molar-refractivity contribution is 5.46. The van der Waals surface area contributed by atoms with Crippen LogP contribution in [0.25, 0.3) is 0 Å². The first-order valence-electron chi connectivity index (χ1n) is 6.33. The largest absolute Gasteiger partial charge is 0.384 e. The maximum absolute atomic E-state index is 5.83. The van der Waals surface area contributed by atoms with E-state index in [-0.39, 0.29) is 0 Å². The normalized spacial score (nSPS) is 22.9. The molecule has 0 saturated heterocycles. The molecule has 4 nitrogen and oxygen atoms in total. The standard InChI is InChI=1S/C13H22N4/c1-8(2)13-15-11(14)6-12(16-13)17(4)7-10-5-9(10)3/h6,8-10H,5,7H2,1-4H3,(H2,14,15,16). The van der Waals surface area contributed by atoms with Crippen LogP contribution in [0.5, 0.6) is 0 Å². The van der Waals surface area contributed by atoms with Crippen molar-refractivity contribution in [1.29, 1.82) is 0 Å². The molecule has 2 atom stereocenters. The van der Waals surface area contributed by atoms with Crippen LogP contribution in [0.4, 0.5) is 11.6 Å². The average molecular weight is 234 g/mol. The van der Waals surface area contributed by atoms with Crippen LogP contribution in [0.15, 0.2) is 6.07 Å². The van der Waals surface area contributed by atoms with Crippen molar-refractivity contribution in [3.8, 4) is 0 Å². The zero-order chi connectivity index (χ0) is 12.6. The summed E-state index contributed by atoms with van der Waals surface area (Å²) in [5.41, 5.74) is 5.83. The van der Waals surface area contributed by atoms with Gasteiger partial charge in [-0.25, -0.2) is 9.97 Å². The number of aromatic nitrogens is 2. The molecular weight excluding hydrogens is 212 g/mol. The van der Waals surface area contributed by atoms with Gasteiger partial charge in [0.15, 0.2) is 0 Å². The van der Waals surface area contributed by atoms with Crippen LogP contribution in [0, 0.1) is 11.8 Å². The van der Waals surface area contributed by atoms with E-state index in [1.165, 1.54) is 6.42 Å². The lowest BCUT2D eigenvalue weighted by Crippen LogP contribution is -2.22. The Morgan fingerprint density at radius 2 is 2.12 bits per heavy atom. The van der Waals surface area contributed by atoms with Gasteiger partial charge < -0.3 is 10.6 Å². The predicted molar refractivity (Wildman–Crippen MR) is 71.1 cm³/mol. The van der Waals surface area contributed by atoms with E-state index in [9.17, 15) is 0 Å². The maximum Gasteiger partial charge on any atom is 0.135 e. The molecule has 2 unspecified atom stereocenters. The summed E-state index contributed by atoms with van der Waals surface area (Å²) < 4.78 is 0. The average Bonchev–Trinajstić information content (AvgIpc) is 2.93. The van der Waals surface area contributed by atoms with Crippen molar-refractivity contribution in [2.24, 2.45) is 11.8 Å². The third-order valence-corrected chi connectivity index (χ3v) is 3.44. The SMILES string of the molecule is CC(C)c1nc(N)cc(N(C)CC2CC2C)n1. The van der Waals surface area contributed by atoms with Crippen LogP contribution < -0.4 is 10.6 Å². The van der Waals surface area contributed by atoms with Crippen LogP contribution in [-0.2, 0) is 0 Å². The van der Waals surface area contributed by atoms with E-state index in [0.717, 1.165) is 30.0 Å². The summed E-state index contributed by atoms with van der Waals surface area (Å²) in [7, 11) is 2.08. The summed E-state index contributed by atoms with van der Waals surface area (Å²) in [5.74, 6) is 4.33. The molecule has 1 fully saturated rings. The second kappa shape index (κ2) is 4.51. The third-order valence-electron chi connectivity index (χ3n) is 3.44. The Kier molecular flexibility index (Phi) is 3.22. The minimum Gasteiger partial charge on any atom is -0.384 e. The fourth-order valence-corrected chi connectivity index (χ4v) is 2.02. The quantitative estimate of drug-likeness (QED) is 0.868. The van der Waals surface area contributed by atoms with E-state index in [1.807, 2.05) is 6.07 Å². The highest BCUT2D eigenvalue weighted by Gasteiger charge is 2.33. The summed E-state index contributed by atoms with van der Waals surface area (Å²) in [5, 5.41) is 0. The molecule has 1 aliphatic rings. The minimum absolute atomic E-state index is 0.311. The summed E-state index contributed by atoms with van der Waals surface area (Å²) in [6.45, 7) is 7.53. The molecule has 0 aliphatic heterocycles. The van der Waals surface area contributed by atoms with Crippen LogP contribution in [-0.4, -0.2) is 23.6 Å². The predicted octanol–water partition coefficient (Wildman–Crippen LogP) is 2.27. The zero-order valence-electron chi connectivity index (χ0n) is 11.1. The van der Waals surface area contributed by atoms with E-state index in [4.69, 9.17) is 5.73 Å². The van der Waals surface area contributed by atoms with Crippen molar-refractivity contribution >= 4 is 11.6 Å². The van der Waals surface area contributed by atoms with Crippen molar-refractivity contribution in [3.63, 3.8) is 0 Å². The van der Waals surface area contributed by atoms with Crippen molar-refractivity contribution in [3.05, 3.63) is 11.9 Å². The molecule has 4 heteroatoms. The topological polar surface area (TPSA) is 55.0 Å². The number of nitrogens with two attached hydrogens (primary N) is 1. The molecule has 17 heavy (non-hydrogen) atoms. The van der Waals surface area contributed by atoms with Crippen LogP contribution >= 0.6 is 0 Å². The Labute approximate surface area is 103 Å². The molecule has 0 radical (unpaired) electrons. The first-order chi connectivity index (χ1) is 7.97. The first-order valence-corrected chi connectivity index (χ1v) is 6.33. The van der Waals surface area contributed by atoms with Gasteiger partial charge in [0.25, 0.3) is 0 Å². The first kappa shape index (κ1) is 12.1. The summed E-state index contributed by atoms with van der Waals surface area (Å²) in [6, 6.07) is 1.86. The van der Waals surface area contributed by atoms with Gasteiger partial charge in [-0.2, -0.15) is 0 Å². The Morgan fingerprint density at radius 3 is 2.65 bits per heavy atom. The molecule has 2 rings (SSSR count). The Bertz CT molecular complexity index is 402.